The molecule has 2 aromatic rings. The first-order chi connectivity index (χ1) is 12.5. The van der Waals surface area contributed by atoms with Crippen molar-refractivity contribution in [2.75, 3.05) is 7.11 Å². The molecule has 2 rings (SSSR count). The zero-order valence-electron chi connectivity index (χ0n) is 14.8. The van der Waals surface area contributed by atoms with Gasteiger partial charge < -0.3 is 10.1 Å². The van der Waals surface area contributed by atoms with Gasteiger partial charge in [0.25, 0.3) is 5.91 Å². The Labute approximate surface area is 152 Å². The predicted molar refractivity (Wildman–Crippen MR) is 99.4 cm³/mol. The third-order valence-electron chi connectivity index (χ3n) is 4.03. The van der Waals surface area contributed by atoms with Crippen molar-refractivity contribution in [2.45, 2.75) is 18.9 Å². The van der Waals surface area contributed by atoms with Crippen LogP contribution in [0, 0.1) is 0 Å². The molecule has 0 unspecified atom stereocenters. The Hall–Kier alpha value is -3.21. The number of nitrogens with one attached hydrogen (secondary N) is 1. The van der Waals surface area contributed by atoms with Gasteiger partial charge in [0.1, 0.15) is 0 Å². The molecule has 0 spiro atoms. The normalized spacial score (nSPS) is 13.0. The molecule has 0 radical (unpaired) electrons. The third kappa shape index (κ3) is 4.45. The highest BCUT2D eigenvalue weighted by Crippen LogP contribution is 2.18. The summed E-state index contributed by atoms with van der Waals surface area (Å²) in [7, 11) is 1.19. The first-order valence-corrected chi connectivity index (χ1v) is 8.18. The summed E-state index contributed by atoms with van der Waals surface area (Å²) in [5, 5.41) is 2.57. The number of carbonyl (C=O) groups is 3. The molecular weight excluding hydrogens is 330 g/mol. The van der Waals surface area contributed by atoms with E-state index in [2.05, 4.69) is 5.32 Å². The maximum Gasteiger partial charge on any atom is 0.339 e. The number of carbonyl (C=O) groups excluding carboxylic acids is 3. The van der Waals surface area contributed by atoms with Crippen molar-refractivity contribution < 1.29 is 19.1 Å². The Bertz CT molecular complexity index is 799. The highest BCUT2D eigenvalue weighted by molar-refractivity contribution is 6.12. The van der Waals surface area contributed by atoms with Crippen LogP contribution >= 0.6 is 0 Å². The second-order valence-corrected chi connectivity index (χ2v) is 5.79. The van der Waals surface area contributed by atoms with E-state index in [1.54, 1.807) is 42.5 Å². The molecule has 0 bridgehead atoms. The summed E-state index contributed by atoms with van der Waals surface area (Å²) < 4.78 is 4.81. The zero-order valence-corrected chi connectivity index (χ0v) is 14.8. The van der Waals surface area contributed by atoms with Crippen molar-refractivity contribution in [1.82, 2.24) is 5.32 Å². The van der Waals surface area contributed by atoms with Gasteiger partial charge in [0, 0.05) is 12.0 Å². The van der Waals surface area contributed by atoms with Crippen molar-refractivity contribution in [2.24, 2.45) is 0 Å². The quantitative estimate of drug-likeness (QED) is 0.615. The molecule has 1 atom stereocenters. The van der Waals surface area contributed by atoms with E-state index >= 15 is 0 Å². The molecule has 5 heteroatoms. The SMILES string of the molecule is COC(=O)[C@](C/C=C\c1ccccc1)(NC(=O)c1ccccc1)C(C)=O. The number of benzene rings is 2. The topological polar surface area (TPSA) is 72.5 Å². The summed E-state index contributed by atoms with van der Waals surface area (Å²) in [6, 6.07) is 17.9. The van der Waals surface area contributed by atoms with E-state index in [1.165, 1.54) is 14.0 Å². The van der Waals surface area contributed by atoms with Crippen LogP contribution in [-0.4, -0.2) is 30.3 Å². The first-order valence-electron chi connectivity index (χ1n) is 8.18. The lowest BCUT2D eigenvalue weighted by Crippen LogP contribution is -2.59. The molecule has 0 aliphatic carbocycles. The Balaban J connectivity index is 2.29. The Morgan fingerprint density at radius 3 is 2.12 bits per heavy atom. The second kappa shape index (κ2) is 8.76. The van der Waals surface area contributed by atoms with E-state index in [9.17, 15) is 14.4 Å². The standard InChI is InChI=1S/C21H21NO4/c1-16(23)21(20(25)26-2,15-9-12-17-10-5-3-6-11-17)22-19(24)18-13-7-4-8-14-18/h3-14H,15H2,1-2H3,(H,22,24)/b12-9-/t21-/m1/s1. The Morgan fingerprint density at radius 2 is 1.58 bits per heavy atom. The number of Topliss-reactive ketones (excluding diaryl/α,β-unsaturated/α-hetero) is 1. The van der Waals surface area contributed by atoms with E-state index in [4.69, 9.17) is 4.74 Å². The fourth-order valence-corrected chi connectivity index (χ4v) is 2.53. The van der Waals surface area contributed by atoms with Crippen LogP contribution in [-0.2, 0) is 14.3 Å². The van der Waals surface area contributed by atoms with Crippen LogP contribution < -0.4 is 5.32 Å². The highest BCUT2D eigenvalue weighted by atomic mass is 16.5. The average molecular weight is 351 g/mol. The van der Waals surface area contributed by atoms with Gasteiger partial charge in [-0.1, -0.05) is 60.7 Å². The van der Waals surface area contributed by atoms with Crippen LogP contribution in [0.1, 0.15) is 29.3 Å². The summed E-state index contributed by atoms with van der Waals surface area (Å²) >= 11 is 0. The molecule has 2 aromatic carbocycles. The number of hydrogen-bond acceptors (Lipinski definition) is 4. The van der Waals surface area contributed by atoms with Gasteiger partial charge in [-0.15, -0.1) is 0 Å². The molecule has 134 valence electrons. The van der Waals surface area contributed by atoms with Crippen LogP contribution in [0.3, 0.4) is 0 Å². The Morgan fingerprint density at radius 1 is 1.00 bits per heavy atom. The third-order valence-corrected chi connectivity index (χ3v) is 4.03. The number of ketones is 1. The lowest BCUT2D eigenvalue weighted by atomic mass is 9.89. The largest absolute Gasteiger partial charge is 0.467 e. The van der Waals surface area contributed by atoms with Gasteiger partial charge in [-0.05, 0) is 24.6 Å². The molecule has 26 heavy (non-hydrogen) atoms. The predicted octanol–water partition coefficient (Wildman–Crippen LogP) is 3.02. The molecular formula is C21H21NO4. The zero-order chi connectivity index (χ0) is 19.0. The molecule has 0 heterocycles. The monoisotopic (exact) mass is 351 g/mol. The summed E-state index contributed by atoms with van der Waals surface area (Å²) in [5.74, 6) is -1.81. The van der Waals surface area contributed by atoms with E-state index in [-0.39, 0.29) is 6.42 Å². The number of methoxy groups -OCH3 is 1. The second-order valence-electron chi connectivity index (χ2n) is 5.79. The lowest BCUT2D eigenvalue weighted by Gasteiger charge is -2.28. The van der Waals surface area contributed by atoms with Crippen molar-refractivity contribution in [1.29, 1.82) is 0 Å². The van der Waals surface area contributed by atoms with Crippen molar-refractivity contribution in [3.8, 4) is 0 Å². The van der Waals surface area contributed by atoms with Crippen LogP contribution in [0.4, 0.5) is 0 Å². The van der Waals surface area contributed by atoms with E-state index in [0.717, 1.165) is 5.56 Å². The summed E-state index contributed by atoms with van der Waals surface area (Å²) in [5.41, 5.74) is -0.495. The fourth-order valence-electron chi connectivity index (χ4n) is 2.53. The summed E-state index contributed by atoms with van der Waals surface area (Å²) in [6.07, 6.45) is 3.46. The maximum absolute atomic E-state index is 12.5. The summed E-state index contributed by atoms with van der Waals surface area (Å²) in [4.78, 5) is 37.2. The molecule has 1 N–H and O–H groups in total. The minimum atomic E-state index is -1.77. The average Bonchev–Trinajstić information content (AvgIpc) is 2.67. The van der Waals surface area contributed by atoms with E-state index < -0.39 is 23.2 Å². The van der Waals surface area contributed by atoms with Crippen LogP contribution in [0.25, 0.3) is 6.08 Å². The van der Waals surface area contributed by atoms with Crippen molar-refractivity contribution >= 4 is 23.7 Å². The van der Waals surface area contributed by atoms with E-state index in [0.29, 0.717) is 5.56 Å². The van der Waals surface area contributed by atoms with Gasteiger partial charge in [-0.25, -0.2) is 4.79 Å². The minimum Gasteiger partial charge on any atom is -0.467 e. The smallest absolute Gasteiger partial charge is 0.339 e. The molecule has 0 fully saturated rings. The van der Waals surface area contributed by atoms with Gasteiger partial charge in [0.05, 0.1) is 7.11 Å². The van der Waals surface area contributed by atoms with E-state index in [1.807, 2.05) is 30.3 Å². The molecule has 0 aliphatic heterocycles. The molecule has 0 aliphatic rings. The van der Waals surface area contributed by atoms with Gasteiger partial charge in [-0.2, -0.15) is 0 Å². The number of hydrogen-bond donors (Lipinski definition) is 1. The van der Waals surface area contributed by atoms with Crippen LogP contribution in [0.15, 0.2) is 66.7 Å². The van der Waals surface area contributed by atoms with Crippen molar-refractivity contribution in [3.05, 3.63) is 77.9 Å². The number of ether oxygens (including phenoxy) is 1. The molecule has 0 aromatic heterocycles. The number of amides is 1. The molecule has 0 saturated heterocycles. The highest BCUT2D eigenvalue weighted by Gasteiger charge is 2.45. The molecule has 5 nitrogen and oxygen atoms in total. The number of esters is 1. The van der Waals surface area contributed by atoms with Gasteiger partial charge >= 0.3 is 5.97 Å². The van der Waals surface area contributed by atoms with Crippen molar-refractivity contribution in [3.63, 3.8) is 0 Å². The summed E-state index contributed by atoms with van der Waals surface area (Å²) in [6.45, 7) is 1.26. The van der Waals surface area contributed by atoms with Gasteiger partial charge in [-0.3, -0.25) is 9.59 Å². The fraction of sp³-hybridized carbons (Fsp3) is 0.190. The maximum atomic E-state index is 12.5. The van der Waals surface area contributed by atoms with Crippen LogP contribution in [0.2, 0.25) is 0 Å². The van der Waals surface area contributed by atoms with Crippen LogP contribution in [0.5, 0.6) is 0 Å². The minimum absolute atomic E-state index is 0.0114. The van der Waals surface area contributed by atoms with Gasteiger partial charge in [0.15, 0.2) is 5.78 Å². The lowest BCUT2D eigenvalue weighted by molar-refractivity contribution is -0.152. The Kier molecular flexibility index (Phi) is 6.44. The first kappa shape index (κ1) is 19.1. The molecule has 0 saturated carbocycles. The van der Waals surface area contributed by atoms with Gasteiger partial charge in [0.2, 0.25) is 5.54 Å². The molecule has 1 amide bonds. The number of rotatable bonds is 7.